The predicted molar refractivity (Wildman–Crippen MR) is 72.4 cm³/mol. The first kappa shape index (κ1) is 13.6. The van der Waals surface area contributed by atoms with Crippen LogP contribution in [-0.4, -0.2) is 12.4 Å². The largest absolute Gasteiger partial charge is 0.482 e. The van der Waals surface area contributed by atoms with Gasteiger partial charge in [-0.1, -0.05) is 35.9 Å². The van der Waals surface area contributed by atoms with Crippen molar-refractivity contribution in [1.29, 1.82) is 0 Å². The highest BCUT2D eigenvalue weighted by atomic mass is 35.5. The topological polar surface area (TPSA) is 26.3 Å². The summed E-state index contributed by atoms with van der Waals surface area (Å²) in [6, 6.07) is 11.4. The molecule has 2 nitrogen and oxygen atoms in total. The third-order valence-electron chi connectivity index (χ3n) is 2.66. The molecule has 2 aromatic rings. The maximum atomic E-state index is 13.7. The summed E-state index contributed by atoms with van der Waals surface area (Å²) in [4.78, 5) is 11.9. The van der Waals surface area contributed by atoms with Crippen molar-refractivity contribution in [1.82, 2.24) is 0 Å². The van der Waals surface area contributed by atoms with E-state index in [0.717, 1.165) is 0 Å². The highest BCUT2D eigenvalue weighted by Gasteiger charge is 2.10. The lowest BCUT2D eigenvalue weighted by atomic mass is 10.1. The van der Waals surface area contributed by atoms with E-state index in [1.54, 1.807) is 43.3 Å². The number of benzene rings is 2. The van der Waals surface area contributed by atoms with Crippen LogP contribution in [0, 0.1) is 12.7 Å². The average molecular weight is 279 g/mol. The minimum atomic E-state index is -0.443. The van der Waals surface area contributed by atoms with E-state index in [9.17, 15) is 9.18 Å². The van der Waals surface area contributed by atoms with Crippen LogP contribution in [0.2, 0.25) is 5.02 Å². The molecule has 0 radical (unpaired) electrons. The zero-order chi connectivity index (χ0) is 13.8. The number of hydrogen-bond donors (Lipinski definition) is 0. The predicted octanol–water partition coefficient (Wildman–Crippen LogP) is 4.05. The summed E-state index contributed by atoms with van der Waals surface area (Å²) in [5.41, 5.74) is 0.924. The van der Waals surface area contributed by atoms with Crippen LogP contribution in [0.4, 0.5) is 4.39 Å². The molecule has 0 bridgehead atoms. The Balaban J connectivity index is 2.07. The first-order chi connectivity index (χ1) is 9.08. The van der Waals surface area contributed by atoms with Gasteiger partial charge in [0, 0.05) is 10.6 Å². The van der Waals surface area contributed by atoms with Crippen molar-refractivity contribution in [3.05, 3.63) is 64.4 Å². The zero-order valence-corrected chi connectivity index (χ0v) is 11.1. The summed E-state index contributed by atoms with van der Waals surface area (Å²) >= 11 is 5.80. The molecule has 0 aliphatic rings. The molecular weight excluding hydrogens is 267 g/mol. The van der Waals surface area contributed by atoms with Crippen molar-refractivity contribution in [3.63, 3.8) is 0 Å². The number of ketones is 1. The summed E-state index contributed by atoms with van der Waals surface area (Å²) in [7, 11) is 0. The van der Waals surface area contributed by atoms with Crippen molar-refractivity contribution < 1.29 is 13.9 Å². The van der Waals surface area contributed by atoms with Crippen LogP contribution in [-0.2, 0) is 0 Å². The van der Waals surface area contributed by atoms with Gasteiger partial charge in [0.2, 0.25) is 0 Å². The van der Waals surface area contributed by atoms with Crippen LogP contribution in [0.1, 0.15) is 15.9 Å². The third-order valence-corrected chi connectivity index (χ3v) is 2.90. The zero-order valence-electron chi connectivity index (χ0n) is 10.3. The molecule has 0 saturated carbocycles. The third kappa shape index (κ3) is 3.32. The van der Waals surface area contributed by atoms with Gasteiger partial charge in [-0.15, -0.1) is 0 Å². The Kier molecular flexibility index (Phi) is 4.17. The number of carbonyl (C=O) groups excluding carboxylic acids is 1. The highest BCUT2D eigenvalue weighted by Crippen LogP contribution is 2.20. The molecule has 2 rings (SSSR count). The second-order valence-electron chi connectivity index (χ2n) is 4.11. The number of rotatable bonds is 4. The van der Waals surface area contributed by atoms with Gasteiger partial charge in [0.05, 0.1) is 0 Å². The number of Topliss-reactive ketones (excluding diaryl/α,β-unsaturated/α-hetero) is 1. The van der Waals surface area contributed by atoms with Crippen LogP contribution < -0.4 is 4.74 Å². The van der Waals surface area contributed by atoms with Gasteiger partial charge in [-0.3, -0.25) is 4.79 Å². The standard InChI is InChI=1S/C15H12ClFO2/c1-10-4-2-7-14(15(10)17)19-9-13(18)11-5-3-6-12(16)8-11/h2-8H,9H2,1H3. The Hall–Kier alpha value is -1.87. The van der Waals surface area contributed by atoms with Gasteiger partial charge in [0.25, 0.3) is 0 Å². The lowest BCUT2D eigenvalue weighted by Crippen LogP contribution is -2.12. The van der Waals surface area contributed by atoms with Gasteiger partial charge in [0.15, 0.2) is 24.0 Å². The summed E-state index contributed by atoms with van der Waals surface area (Å²) in [6.45, 7) is 1.42. The quantitative estimate of drug-likeness (QED) is 0.789. The summed E-state index contributed by atoms with van der Waals surface area (Å²) in [6.07, 6.45) is 0. The van der Waals surface area contributed by atoms with Crippen LogP contribution in [0.5, 0.6) is 5.75 Å². The lowest BCUT2D eigenvalue weighted by Gasteiger charge is -2.08. The van der Waals surface area contributed by atoms with Gasteiger partial charge in [-0.25, -0.2) is 4.39 Å². The Morgan fingerprint density at radius 1 is 1.26 bits per heavy atom. The number of hydrogen-bond acceptors (Lipinski definition) is 2. The monoisotopic (exact) mass is 278 g/mol. The average Bonchev–Trinajstić information content (AvgIpc) is 2.40. The second kappa shape index (κ2) is 5.85. The Bertz CT molecular complexity index is 611. The van der Waals surface area contributed by atoms with Crippen LogP contribution >= 0.6 is 11.6 Å². The molecule has 0 unspecified atom stereocenters. The molecule has 0 fully saturated rings. The smallest absolute Gasteiger partial charge is 0.200 e. The van der Waals surface area contributed by atoms with E-state index in [1.165, 1.54) is 6.07 Å². The normalized spacial score (nSPS) is 10.3. The summed E-state index contributed by atoms with van der Waals surface area (Å²) in [5.74, 6) is -0.611. The maximum absolute atomic E-state index is 13.7. The van der Waals surface area contributed by atoms with Crippen molar-refractivity contribution >= 4 is 17.4 Å². The molecule has 98 valence electrons. The molecule has 0 amide bonds. The molecule has 0 aromatic heterocycles. The number of halogens is 2. The van der Waals surface area contributed by atoms with E-state index in [2.05, 4.69) is 0 Å². The Morgan fingerprint density at radius 2 is 2.00 bits per heavy atom. The number of aryl methyl sites for hydroxylation is 1. The van der Waals surface area contributed by atoms with Crippen LogP contribution in [0.15, 0.2) is 42.5 Å². The minimum absolute atomic E-state index is 0.0791. The molecule has 0 spiro atoms. The van der Waals surface area contributed by atoms with E-state index in [0.29, 0.717) is 16.1 Å². The fourth-order valence-electron chi connectivity index (χ4n) is 1.62. The molecule has 19 heavy (non-hydrogen) atoms. The molecule has 0 aliphatic carbocycles. The molecule has 0 heterocycles. The van der Waals surface area contributed by atoms with Gasteiger partial charge in [0.1, 0.15) is 0 Å². The molecule has 0 atom stereocenters. The first-order valence-electron chi connectivity index (χ1n) is 5.74. The van der Waals surface area contributed by atoms with E-state index in [-0.39, 0.29) is 18.1 Å². The van der Waals surface area contributed by atoms with Gasteiger partial charge in [-0.2, -0.15) is 0 Å². The van der Waals surface area contributed by atoms with E-state index in [4.69, 9.17) is 16.3 Å². The molecule has 2 aromatic carbocycles. The van der Waals surface area contributed by atoms with Gasteiger partial charge in [-0.05, 0) is 30.7 Å². The molecule has 0 aliphatic heterocycles. The van der Waals surface area contributed by atoms with Gasteiger partial charge < -0.3 is 4.74 Å². The van der Waals surface area contributed by atoms with Crippen molar-refractivity contribution in [2.45, 2.75) is 6.92 Å². The molecule has 4 heteroatoms. The Morgan fingerprint density at radius 3 is 2.74 bits per heavy atom. The summed E-state index contributed by atoms with van der Waals surface area (Å²) < 4.78 is 18.9. The second-order valence-corrected chi connectivity index (χ2v) is 4.55. The molecule has 0 N–H and O–H groups in total. The van der Waals surface area contributed by atoms with Crippen molar-refractivity contribution in [2.75, 3.05) is 6.61 Å². The van der Waals surface area contributed by atoms with E-state index < -0.39 is 5.82 Å². The SMILES string of the molecule is Cc1cccc(OCC(=O)c2cccc(Cl)c2)c1F. The van der Waals surface area contributed by atoms with Crippen molar-refractivity contribution in [2.24, 2.45) is 0 Å². The number of carbonyl (C=O) groups is 1. The number of ether oxygens (including phenoxy) is 1. The summed E-state index contributed by atoms with van der Waals surface area (Å²) in [5, 5.41) is 0.479. The molecule has 0 saturated heterocycles. The first-order valence-corrected chi connectivity index (χ1v) is 6.12. The van der Waals surface area contributed by atoms with Gasteiger partial charge >= 0.3 is 0 Å². The minimum Gasteiger partial charge on any atom is -0.482 e. The van der Waals surface area contributed by atoms with E-state index in [1.807, 2.05) is 0 Å². The fourth-order valence-corrected chi connectivity index (χ4v) is 1.81. The highest BCUT2D eigenvalue weighted by molar-refractivity contribution is 6.31. The van der Waals surface area contributed by atoms with Crippen LogP contribution in [0.25, 0.3) is 0 Å². The van der Waals surface area contributed by atoms with Crippen LogP contribution in [0.3, 0.4) is 0 Å². The molecular formula is C15H12ClFO2. The lowest BCUT2D eigenvalue weighted by molar-refractivity contribution is 0.0918. The van der Waals surface area contributed by atoms with E-state index >= 15 is 0 Å². The fraction of sp³-hybridized carbons (Fsp3) is 0.133. The van der Waals surface area contributed by atoms with Crippen molar-refractivity contribution in [3.8, 4) is 5.75 Å². The Labute approximate surface area is 115 Å². The maximum Gasteiger partial charge on any atom is 0.200 e.